The van der Waals surface area contributed by atoms with Gasteiger partial charge in [0.2, 0.25) is 0 Å². The molecule has 1 amide bonds. The van der Waals surface area contributed by atoms with Gasteiger partial charge in [0.15, 0.2) is 0 Å². The van der Waals surface area contributed by atoms with Crippen LogP contribution in [-0.2, 0) is 4.79 Å². The second-order valence-electron chi connectivity index (χ2n) is 6.27. The molecule has 0 bridgehead atoms. The largest absolute Gasteiger partial charge is 0.381 e. The Hall–Kier alpha value is -0.570. The Kier molecular flexibility index (Phi) is 2.67. The minimum atomic E-state index is -1.27. The van der Waals surface area contributed by atoms with E-state index in [4.69, 9.17) is 0 Å². The summed E-state index contributed by atoms with van der Waals surface area (Å²) in [5, 5.41) is 12.3. The Labute approximate surface area is 92.3 Å². The van der Waals surface area contributed by atoms with Gasteiger partial charge in [0.05, 0.1) is 0 Å². The maximum absolute atomic E-state index is 11.5. The second-order valence-corrected chi connectivity index (χ2v) is 6.27. The van der Waals surface area contributed by atoms with Crippen molar-refractivity contribution in [2.75, 3.05) is 6.54 Å². The first kappa shape index (κ1) is 12.5. The lowest BCUT2D eigenvalue weighted by atomic mass is 10.0. The molecular weight excluding hydrogens is 190 g/mol. The van der Waals surface area contributed by atoms with Crippen molar-refractivity contribution < 1.29 is 9.90 Å². The van der Waals surface area contributed by atoms with E-state index < -0.39 is 5.60 Å². The van der Waals surface area contributed by atoms with E-state index in [0.29, 0.717) is 12.5 Å². The third-order valence-corrected chi connectivity index (χ3v) is 4.34. The third-order valence-electron chi connectivity index (χ3n) is 4.34. The number of aliphatic hydroxyl groups is 1. The molecule has 0 heterocycles. The minimum absolute atomic E-state index is 0.278. The van der Waals surface area contributed by atoms with Crippen LogP contribution in [-0.4, -0.2) is 23.2 Å². The molecule has 1 rings (SSSR count). The average Bonchev–Trinajstić information content (AvgIpc) is 2.38. The predicted octanol–water partition coefficient (Wildman–Crippen LogP) is 1.56. The number of carbonyl (C=O) groups is 1. The fourth-order valence-electron chi connectivity index (χ4n) is 2.25. The van der Waals surface area contributed by atoms with Gasteiger partial charge in [-0.15, -0.1) is 0 Å². The summed E-state index contributed by atoms with van der Waals surface area (Å²) in [7, 11) is 0. The van der Waals surface area contributed by atoms with Gasteiger partial charge < -0.3 is 10.4 Å². The third kappa shape index (κ3) is 2.03. The maximum atomic E-state index is 11.5. The van der Waals surface area contributed by atoms with Crippen molar-refractivity contribution in [3.8, 4) is 0 Å². The van der Waals surface area contributed by atoms with E-state index in [-0.39, 0.29) is 16.7 Å². The minimum Gasteiger partial charge on any atom is -0.381 e. The van der Waals surface area contributed by atoms with Gasteiger partial charge in [0.25, 0.3) is 5.91 Å². The van der Waals surface area contributed by atoms with Crippen LogP contribution >= 0.6 is 0 Å². The molecule has 0 unspecified atom stereocenters. The van der Waals surface area contributed by atoms with Crippen molar-refractivity contribution in [2.45, 2.75) is 47.1 Å². The Morgan fingerprint density at radius 2 is 1.67 bits per heavy atom. The summed E-state index contributed by atoms with van der Waals surface area (Å²) in [6.45, 7) is 12.5. The Morgan fingerprint density at radius 3 is 1.93 bits per heavy atom. The predicted molar refractivity (Wildman–Crippen MR) is 60.4 cm³/mol. The molecule has 1 saturated carbocycles. The highest BCUT2D eigenvalue weighted by Crippen LogP contribution is 2.67. The lowest BCUT2D eigenvalue weighted by Gasteiger charge is -2.17. The van der Waals surface area contributed by atoms with Crippen LogP contribution in [0.3, 0.4) is 0 Å². The van der Waals surface area contributed by atoms with Crippen LogP contribution in [0.15, 0.2) is 0 Å². The zero-order chi connectivity index (χ0) is 12.1. The Balaban J connectivity index is 2.45. The van der Waals surface area contributed by atoms with Gasteiger partial charge in [-0.2, -0.15) is 0 Å². The second kappa shape index (κ2) is 3.21. The molecule has 3 heteroatoms. The quantitative estimate of drug-likeness (QED) is 0.747. The summed E-state index contributed by atoms with van der Waals surface area (Å²) >= 11 is 0. The summed E-state index contributed by atoms with van der Waals surface area (Å²) < 4.78 is 0. The van der Waals surface area contributed by atoms with Crippen LogP contribution in [0.25, 0.3) is 0 Å². The van der Waals surface area contributed by atoms with Gasteiger partial charge in [0.1, 0.15) is 5.60 Å². The van der Waals surface area contributed by atoms with Crippen molar-refractivity contribution in [3.05, 3.63) is 0 Å². The number of amides is 1. The number of hydrogen-bond donors (Lipinski definition) is 2. The highest BCUT2D eigenvalue weighted by molar-refractivity contribution is 5.83. The Bertz CT molecular complexity index is 260. The zero-order valence-corrected chi connectivity index (χ0v) is 10.6. The van der Waals surface area contributed by atoms with Crippen LogP contribution in [0.4, 0.5) is 0 Å². The molecule has 2 N–H and O–H groups in total. The first-order chi connectivity index (χ1) is 6.51. The van der Waals surface area contributed by atoms with Crippen LogP contribution in [0.1, 0.15) is 41.5 Å². The monoisotopic (exact) mass is 213 g/mol. The van der Waals surface area contributed by atoms with Crippen LogP contribution in [0.2, 0.25) is 0 Å². The number of rotatable bonds is 3. The molecule has 15 heavy (non-hydrogen) atoms. The van der Waals surface area contributed by atoms with E-state index in [1.807, 2.05) is 0 Å². The summed E-state index contributed by atoms with van der Waals surface area (Å²) in [6, 6.07) is 0. The molecule has 0 atom stereocenters. The van der Waals surface area contributed by atoms with Gasteiger partial charge in [-0.05, 0) is 30.6 Å². The van der Waals surface area contributed by atoms with Crippen molar-refractivity contribution >= 4 is 5.91 Å². The van der Waals surface area contributed by atoms with Gasteiger partial charge in [0, 0.05) is 6.54 Å². The number of carbonyl (C=O) groups excluding carboxylic acids is 1. The molecule has 1 fully saturated rings. The molecule has 3 nitrogen and oxygen atoms in total. The van der Waals surface area contributed by atoms with Crippen molar-refractivity contribution in [3.63, 3.8) is 0 Å². The number of hydrogen-bond acceptors (Lipinski definition) is 2. The van der Waals surface area contributed by atoms with Crippen molar-refractivity contribution in [1.82, 2.24) is 5.32 Å². The molecular formula is C12H23NO2. The zero-order valence-electron chi connectivity index (χ0n) is 10.6. The molecule has 0 aromatic heterocycles. The lowest BCUT2D eigenvalue weighted by Crippen LogP contribution is -2.43. The fraction of sp³-hybridized carbons (Fsp3) is 0.917. The van der Waals surface area contributed by atoms with Crippen molar-refractivity contribution in [2.24, 2.45) is 16.7 Å². The summed E-state index contributed by atoms with van der Waals surface area (Å²) in [4.78, 5) is 11.5. The summed E-state index contributed by atoms with van der Waals surface area (Å²) in [5.74, 6) is 0.206. The van der Waals surface area contributed by atoms with Crippen molar-refractivity contribution in [1.29, 1.82) is 0 Å². The molecule has 0 aliphatic heterocycles. The van der Waals surface area contributed by atoms with Gasteiger partial charge >= 0.3 is 0 Å². The van der Waals surface area contributed by atoms with E-state index >= 15 is 0 Å². The highest BCUT2D eigenvalue weighted by atomic mass is 16.3. The van der Waals surface area contributed by atoms with E-state index in [1.54, 1.807) is 0 Å². The first-order valence-electron chi connectivity index (χ1n) is 5.52. The fourth-order valence-corrected chi connectivity index (χ4v) is 2.25. The van der Waals surface area contributed by atoms with Gasteiger partial charge in [-0.1, -0.05) is 27.7 Å². The maximum Gasteiger partial charge on any atom is 0.251 e. The van der Waals surface area contributed by atoms with Crippen LogP contribution in [0.5, 0.6) is 0 Å². The topological polar surface area (TPSA) is 49.3 Å². The van der Waals surface area contributed by atoms with E-state index in [2.05, 4.69) is 33.0 Å². The molecule has 88 valence electrons. The SMILES string of the molecule is CC(C)(O)C(=O)NCC1C(C)(C)C1(C)C. The highest BCUT2D eigenvalue weighted by Gasteiger charge is 2.64. The number of nitrogens with one attached hydrogen (secondary N) is 1. The van der Waals surface area contributed by atoms with Gasteiger partial charge in [-0.25, -0.2) is 0 Å². The summed E-state index contributed by atoms with van der Waals surface area (Å²) in [5.41, 5.74) is -0.719. The molecule has 0 aromatic rings. The van der Waals surface area contributed by atoms with Gasteiger partial charge in [-0.3, -0.25) is 4.79 Å². The molecule has 0 aromatic carbocycles. The first-order valence-corrected chi connectivity index (χ1v) is 5.52. The summed E-state index contributed by atoms with van der Waals surface area (Å²) in [6.07, 6.45) is 0. The molecule has 0 saturated heterocycles. The van der Waals surface area contributed by atoms with E-state index in [0.717, 1.165) is 0 Å². The lowest BCUT2D eigenvalue weighted by molar-refractivity contribution is -0.136. The molecule has 0 spiro atoms. The normalized spacial score (nSPS) is 23.7. The molecule has 1 aliphatic rings. The van der Waals surface area contributed by atoms with Crippen LogP contribution in [0, 0.1) is 16.7 Å². The standard InChI is InChI=1S/C12H23NO2/c1-10(2)8(11(10,3)4)7-13-9(14)12(5,6)15/h8,15H,7H2,1-6H3,(H,13,14). The average molecular weight is 213 g/mol. The smallest absolute Gasteiger partial charge is 0.251 e. The molecule has 0 radical (unpaired) electrons. The Morgan fingerprint density at radius 1 is 1.27 bits per heavy atom. The molecule has 1 aliphatic carbocycles. The van der Waals surface area contributed by atoms with Crippen LogP contribution < -0.4 is 5.32 Å². The van der Waals surface area contributed by atoms with E-state index in [9.17, 15) is 9.90 Å². The van der Waals surface area contributed by atoms with E-state index in [1.165, 1.54) is 13.8 Å².